The maximum atomic E-state index is 12.4. The van der Waals surface area contributed by atoms with Gasteiger partial charge in [-0.05, 0) is 35.7 Å². The van der Waals surface area contributed by atoms with Gasteiger partial charge in [0.2, 0.25) is 0 Å². The Morgan fingerprint density at radius 2 is 2.07 bits per heavy atom. The van der Waals surface area contributed by atoms with Crippen molar-refractivity contribution >= 4 is 0 Å². The third kappa shape index (κ3) is 1.50. The van der Waals surface area contributed by atoms with Crippen LogP contribution < -0.4 is 0 Å². The second kappa shape index (κ2) is 3.00. The molecule has 1 nitrogen and oxygen atoms in total. The Morgan fingerprint density at radius 3 is 2.47 bits per heavy atom. The Kier molecular flexibility index (Phi) is 2.20. The van der Waals surface area contributed by atoms with E-state index in [0.717, 1.165) is 6.42 Å². The third-order valence-corrected chi connectivity index (χ3v) is 4.14. The van der Waals surface area contributed by atoms with E-state index in [1.54, 1.807) is 6.08 Å². The number of fused-ring (bicyclic) bond motifs is 1. The first-order valence-electron chi connectivity index (χ1n) is 5.19. The van der Waals surface area contributed by atoms with Crippen molar-refractivity contribution in [2.45, 2.75) is 39.0 Å². The van der Waals surface area contributed by atoms with Gasteiger partial charge in [-0.3, -0.25) is 0 Å². The fraction of sp³-hybridized carbons (Fsp3) is 0.818. The van der Waals surface area contributed by atoms with Gasteiger partial charge in [0.05, 0.1) is 0 Å². The Balaban J connectivity index is 2.22. The van der Waals surface area contributed by atoms with Crippen LogP contribution in [0.2, 0.25) is 0 Å². The summed E-state index contributed by atoms with van der Waals surface area (Å²) in [4.78, 5) is 0. The van der Waals surface area contributed by atoms with E-state index in [1.807, 2.05) is 13.8 Å². The minimum absolute atomic E-state index is 0.0731. The van der Waals surface area contributed by atoms with Gasteiger partial charge in [-0.15, -0.1) is 0 Å². The fourth-order valence-electron chi connectivity index (χ4n) is 2.89. The lowest BCUT2D eigenvalue weighted by molar-refractivity contribution is -0.199. The van der Waals surface area contributed by atoms with Gasteiger partial charge in [0.1, 0.15) is 0 Å². The predicted molar refractivity (Wildman–Crippen MR) is 50.1 cm³/mol. The molecule has 0 saturated heterocycles. The second-order valence-corrected chi connectivity index (χ2v) is 5.19. The van der Waals surface area contributed by atoms with Crippen LogP contribution in [0, 0.1) is 17.3 Å². The minimum Gasteiger partial charge on any atom is -0.379 e. The van der Waals surface area contributed by atoms with Gasteiger partial charge in [-0.25, -0.2) is 0 Å². The van der Waals surface area contributed by atoms with Gasteiger partial charge < -0.3 is 5.11 Å². The molecule has 0 amide bonds. The maximum absolute atomic E-state index is 12.4. The van der Waals surface area contributed by atoms with Crippen LogP contribution in [0.25, 0.3) is 0 Å². The Labute approximate surface area is 87.0 Å². The van der Waals surface area contributed by atoms with Crippen molar-refractivity contribution in [3.8, 4) is 0 Å². The van der Waals surface area contributed by atoms with Crippen molar-refractivity contribution in [1.29, 1.82) is 0 Å². The second-order valence-electron chi connectivity index (χ2n) is 5.19. The van der Waals surface area contributed by atoms with E-state index in [1.165, 1.54) is 0 Å². The zero-order valence-electron chi connectivity index (χ0n) is 8.80. The quantitative estimate of drug-likeness (QED) is 0.674. The molecule has 3 rings (SSSR count). The molecule has 0 heterocycles. The van der Waals surface area contributed by atoms with E-state index in [4.69, 9.17) is 0 Å². The van der Waals surface area contributed by atoms with Gasteiger partial charge in [-0.2, -0.15) is 13.2 Å². The number of aliphatic hydroxyl groups excluding tert-OH is 1. The molecule has 3 atom stereocenters. The first-order valence-corrected chi connectivity index (χ1v) is 5.19. The van der Waals surface area contributed by atoms with E-state index in [2.05, 4.69) is 0 Å². The van der Waals surface area contributed by atoms with Crippen LogP contribution in [-0.2, 0) is 0 Å². The summed E-state index contributed by atoms with van der Waals surface area (Å²) in [5, 5.41) is 9.24. The number of hydrogen-bond acceptors (Lipinski definition) is 1. The number of allylic oxidation sites excluding steroid dienone is 1. The molecule has 1 saturated carbocycles. The van der Waals surface area contributed by atoms with Crippen molar-refractivity contribution in [3.63, 3.8) is 0 Å². The standard InChI is InChI=1S/C11H15F3O/c1-10(2)6-3-4-7(8(10)5-6)9(15)11(12,13)14/h4,6,8-9,15H,3,5H2,1-2H3. The molecule has 15 heavy (non-hydrogen) atoms. The molecule has 1 fully saturated rings. The summed E-state index contributed by atoms with van der Waals surface area (Å²) in [5.74, 6) is 0.402. The highest BCUT2D eigenvalue weighted by molar-refractivity contribution is 5.27. The van der Waals surface area contributed by atoms with Crippen molar-refractivity contribution in [1.82, 2.24) is 0 Å². The molecule has 0 radical (unpaired) electrons. The number of aliphatic hydroxyl groups is 1. The lowest BCUT2D eigenvalue weighted by atomic mass is 9.48. The number of halogens is 3. The van der Waals surface area contributed by atoms with Crippen LogP contribution in [0.15, 0.2) is 11.6 Å². The highest BCUT2D eigenvalue weighted by Crippen LogP contribution is 2.60. The van der Waals surface area contributed by atoms with Crippen molar-refractivity contribution < 1.29 is 18.3 Å². The summed E-state index contributed by atoms with van der Waals surface area (Å²) >= 11 is 0. The monoisotopic (exact) mass is 220 g/mol. The van der Waals surface area contributed by atoms with E-state index < -0.39 is 12.3 Å². The van der Waals surface area contributed by atoms with Gasteiger partial charge in [0.25, 0.3) is 0 Å². The number of hydrogen-bond donors (Lipinski definition) is 1. The first kappa shape index (κ1) is 11.0. The molecular formula is C11H15F3O. The van der Waals surface area contributed by atoms with E-state index in [9.17, 15) is 18.3 Å². The molecule has 0 aromatic carbocycles. The molecule has 4 heteroatoms. The summed E-state index contributed by atoms with van der Waals surface area (Å²) < 4.78 is 37.2. The topological polar surface area (TPSA) is 20.2 Å². The van der Waals surface area contributed by atoms with Crippen LogP contribution >= 0.6 is 0 Å². The lowest BCUT2D eigenvalue weighted by Crippen LogP contribution is -2.51. The highest BCUT2D eigenvalue weighted by Gasteiger charge is 2.55. The van der Waals surface area contributed by atoms with Gasteiger partial charge >= 0.3 is 6.18 Å². The number of alkyl halides is 3. The number of rotatable bonds is 1. The van der Waals surface area contributed by atoms with Gasteiger partial charge in [-0.1, -0.05) is 19.9 Å². The van der Waals surface area contributed by atoms with Crippen LogP contribution in [-0.4, -0.2) is 17.4 Å². The molecule has 86 valence electrons. The normalized spacial score (nSPS) is 35.5. The van der Waals surface area contributed by atoms with Crippen molar-refractivity contribution in [3.05, 3.63) is 11.6 Å². The Bertz CT molecular complexity index is 303. The van der Waals surface area contributed by atoms with Gasteiger partial charge in [0, 0.05) is 0 Å². The molecule has 3 unspecified atom stereocenters. The molecular weight excluding hydrogens is 205 g/mol. The van der Waals surface area contributed by atoms with Crippen LogP contribution in [0.4, 0.5) is 13.2 Å². The average Bonchev–Trinajstić information content (AvgIpc) is 2.15. The highest BCUT2D eigenvalue weighted by atomic mass is 19.4. The van der Waals surface area contributed by atoms with E-state index in [-0.39, 0.29) is 16.9 Å². The Morgan fingerprint density at radius 1 is 1.47 bits per heavy atom. The smallest absolute Gasteiger partial charge is 0.379 e. The first-order chi connectivity index (χ1) is 6.74. The zero-order chi connectivity index (χ0) is 11.4. The fourth-order valence-corrected chi connectivity index (χ4v) is 2.89. The zero-order valence-corrected chi connectivity index (χ0v) is 8.80. The summed E-state index contributed by atoms with van der Waals surface area (Å²) in [7, 11) is 0. The largest absolute Gasteiger partial charge is 0.418 e. The lowest BCUT2D eigenvalue weighted by Gasteiger charge is -2.57. The van der Waals surface area contributed by atoms with Gasteiger partial charge in [0.15, 0.2) is 6.10 Å². The molecule has 0 spiro atoms. The molecule has 2 bridgehead atoms. The maximum Gasteiger partial charge on any atom is 0.418 e. The SMILES string of the molecule is CC1(C)C2CC=C(C(O)C(F)(F)F)C1C2. The third-order valence-electron chi connectivity index (χ3n) is 4.14. The summed E-state index contributed by atoms with van der Waals surface area (Å²) in [6.45, 7) is 3.98. The van der Waals surface area contributed by atoms with Crippen LogP contribution in [0.3, 0.4) is 0 Å². The predicted octanol–water partition coefficient (Wildman–Crippen LogP) is 2.90. The van der Waals surface area contributed by atoms with Crippen molar-refractivity contribution in [2.75, 3.05) is 0 Å². The summed E-state index contributed by atoms with van der Waals surface area (Å²) in [6.07, 6.45) is -3.73. The molecule has 0 aliphatic heterocycles. The van der Waals surface area contributed by atoms with E-state index in [0.29, 0.717) is 12.3 Å². The molecule has 0 aromatic heterocycles. The van der Waals surface area contributed by atoms with Crippen LogP contribution in [0.1, 0.15) is 26.7 Å². The average molecular weight is 220 g/mol. The minimum atomic E-state index is -4.52. The summed E-state index contributed by atoms with van der Waals surface area (Å²) in [6, 6.07) is 0. The Hall–Kier alpha value is -0.510. The molecule has 3 aliphatic rings. The van der Waals surface area contributed by atoms with Crippen molar-refractivity contribution in [2.24, 2.45) is 17.3 Å². The molecule has 1 N–H and O–H groups in total. The van der Waals surface area contributed by atoms with Crippen LogP contribution in [0.5, 0.6) is 0 Å². The molecule has 0 aromatic rings. The summed E-state index contributed by atoms with van der Waals surface area (Å²) in [5.41, 5.74) is 0.117. The molecule has 3 aliphatic carbocycles. The van der Waals surface area contributed by atoms with E-state index >= 15 is 0 Å².